The molecule has 6 rings (SSSR count). The van der Waals surface area contributed by atoms with Crippen LogP contribution in [0.1, 0.15) is 15.9 Å². The van der Waals surface area contributed by atoms with E-state index in [1.165, 1.54) is 0 Å². The van der Waals surface area contributed by atoms with E-state index in [2.05, 4.69) is 27.1 Å². The Balaban J connectivity index is 1.30. The number of aryl methyl sites for hydroxylation is 1. The van der Waals surface area contributed by atoms with E-state index in [0.29, 0.717) is 33.6 Å². The van der Waals surface area contributed by atoms with E-state index in [-0.39, 0.29) is 11.5 Å². The molecule has 196 valence electrons. The Bertz CT molecular complexity index is 1720. The number of aromatic nitrogens is 2. The average molecular weight is 520 g/mol. The van der Waals surface area contributed by atoms with Gasteiger partial charge in [-0.15, -0.1) is 0 Å². The Hall–Kier alpha value is -4.69. The van der Waals surface area contributed by atoms with Crippen LogP contribution in [0.5, 0.6) is 0 Å². The van der Waals surface area contributed by atoms with Crippen LogP contribution in [0.25, 0.3) is 27.9 Å². The third kappa shape index (κ3) is 4.94. The minimum Gasteiger partial charge on any atom is -0.464 e. The molecule has 0 saturated carbocycles. The van der Waals surface area contributed by atoms with Crippen molar-refractivity contribution in [2.75, 3.05) is 43.4 Å². The number of nitrogens with zero attached hydrogens (tertiary/aromatic N) is 4. The molecule has 0 aliphatic carbocycles. The molecule has 0 spiro atoms. The van der Waals surface area contributed by atoms with Gasteiger partial charge in [0.1, 0.15) is 12.1 Å². The lowest BCUT2D eigenvalue weighted by molar-refractivity contribution is 0.102. The first-order valence-corrected chi connectivity index (χ1v) is 13.0. The quantitative estimate of drug-likeness (QED) is 0.354. The Kier molecular flexibility index (Phi) is 6.46. The molecule has 1 saturated heterocycles. The lowest BCUT2D eigenvalue weighted by atomic mass is 10.1. The van der Waals surface area contributed by atoms with Crippen molar-refractivity contribution in [2.24, 2.45) is 0 Å². The fourth-order valence-electron chi connectivity index (χ4n) is 4.95. The molecule has 39 heavy (non-hydrogen) atoms. The number of benzene rings is 3. The maximum atomic E-state index is 13.7. The summed E-state index contributed by atoms with van der Waals surface area (Å²) in [5.74, 6) is 0.445. The molecule has 0 atom stereocenters. The molecule has 8 heteroatoms. The second-order valence-corrected chi connectivity index (χ2v) is 9.92. The summed E-state index contributed by atoms with van der Waals surface area (Å²) in [7, 11) is 2.12. The van der Waals surface area contributed by atoms with Gasteiger partial charge in [-0.05, 0) is 74.1 Å². The van der Waals surface area contributed by atoms with Crippen LogP contribution in [0.2, 0.25) is 0 Å². The number of furan rings is 1. The molecular formula is C31H29N5O3. The molecule has 1 fully saturated rings. The summed E-state index contributed by atoms with van der Waals surface area (Å²) in [5.41, 5.74) is 5.02. The monoisotopic (exact) mass is 519 g/mol. The van der Waals surface area contributed by atoms with Gasteiger partial charge in [-0.3, -0.25) is 14.2 Å². The molecule has 5 aromatic rings. The molecular weight excluding hydrogens is 490 g/mol. The number of amides is 1. The van der Waals surface area contributed by atoms with Crippen molar-refractivity contribution < 1.29 is 9.21 Å². The van der Waals surface area contributed by atoms with Crippen LogP contribution < -0.4 is 15.8 Å². The average Bonchev–Trinajstić information content (AvgIpc) is 3.50. The fraction of sp³-hybridized carbons (Fsp3) is 0.194. The van der Waals surface area contributed by atoms with Gasteiger partial charge < -0.3 is 19.5 Å². The van der Waals surface area contributed by atoms with Gasteiger partial charge in [0.2, 0.25) is 0 Å². The van der Waals surface area contributed by atoms with Gasteiger partial charge >= 0.3 is 0 Å². The summed E-state index contributed by atoms with van der Waals surface area (Å²) in [6.45, 7) is 5.74. The van der Waals surface area contributed by atoms with Crippen LogP contribution in [-0.2, 0) is 0 Å². The maximum absolute atomic E-state index is 13.7. The number of piperazine rings is 1. The molecule has 2 aromatic heterocycles. The van der Waals surface area contributed by atoms with E-state index in [0.717, 1.165) is 43.0 Å². The van der Waals surface area contributed by atoms with Gasteiger partial charge in [-0.2, -0.15) is 0 Å². The number of fused-ring (bicyclic) bond motifs is 1. The van der Waals surface area contributed by atoms with Crippen LogP contribution in [0.15, 0.2) is 94.6 Å². The third-order valence-corrected chi connectivity index (χ3v) is 7.27. The topological polar surface area (TPSA) is 83.6 Å². The molecule has 8 nitrogen and oxygen atoms in total. The lowest BCUT2D eigenvalue weighted by Gasteiger charge is -2.34. The second-order valence-electron chi connectivity index (χ2n) is 9.92. The molecule has 3 aromatic carbocycles. The number of hydrogen-bond acceptors (Lipinski definition) is 6. The van der Waals surface area contributed by atoms with Crippen molar-refractivity contribution in [3.63, 3.8) is 0 Å². The smallest absolute Gasteiger partial charge is 0.265 e. The van der Waals surface area contributed by atoms with E-state index < -0.39 is 0 Å². The van der Waals surface area contributed by atoms with Gasteiger partial charge in [0.05, 0.1) is 22.9 Å². The molecule has 0 bridgehead atoms. The van der Waals surface area contributed by atoms with Gasteiger partial charge in [-0.25, -0.2) is 4.98 Å². The number of anilines is 2. The van der Waals surface area contributed by atoms with Crippen LogP contribution in [0, 0.1) is 6.92 Å². The summed E-state index contributed by atoms with van der Waals surface area (Å²) in [6, 6.07) is 22.4. The van der Waals surface area contributed by atoms with E-state index in [4.69, 9.17) is 4.42 Å². The molecule has 1 amide bonds. The van der Waals surface area contributed by atoms with Crippen molar-refractivity contribution in [3.05, 3.63) is 107 Å². The Morgan fingerprint density at radius 3 is 2.59 bits per heavy atom. The molecule has 0 unspecified atom stereocenters. The van der Waals surface area contributed by atoms with Gasteiger partial charge in [0.25, 0.3) is 11.5 Å². The van der Waals surface area contributed by atoms with Crippen LogP contribution >= 0.6 is 0 Å². The Labute approximate surface area is 226 Å². The van der Waals surface area contributed by atoms with E-state index in [1.807, 2.05) is 67.6 Å². The van der Waals surface area contributed by atoms with Crippen LogP contribution in [-0.4, -0.2) is 53.6 Å². The number of carbonyl (C=O) groups excluding carboxylic acids is 1. The van der Waals surface area contributed by atoms with E-state index in [1.54, 1.807) is 29.3 Å². The summed E-state index contributed by atoms with van der Waals surface area (Å²) in [4.78, 5) is 35.9. The summed E-state index contributed by atoms with van der Waals surface area (Å²) in [6.07, 6.45) is 3.16. The summed E-state index contributed by atoms with van der Waals surface area (Å²) < 4.78 is 7.02. The van der Waals surface area contributed by atoms with E-state index >= 15 is 0 Å². The zero-order valence-electron chi connectivity index (χ0n) is 21.9. The Morgan fingerprint density at radius 1 is 0.949 bits per heavy atom. The number of likely N-dealkylation sites (N-methyl/N-ethyl adjacent to an activating group) is 1. The van der Waals surface area contributed by atoms with Crippen LogP contribution in [0.4, 0.5) is 11.4 Å². The molecule has 3 heterocycles. The molecule has 1 aliphatic rings. The normalized spacial score (nSPS) is 14.1. The third-order valence-electron chi connectivity index (χ3n) is 7.27. The number of hydrogen-bond donors (Lipinski definition) is 1. The molecule has 0 radical (unpaired) electrons. The first-order valence-electron chi connectivity index (χ1n) is 13.0. The van der Waals surface area contributed by atoms with Gasteiger partial charge in [0.15, 0.2) is 0 Å². The first kappa shape index (κ1) is 24.6. The summed E-state index contributed by atoms with van der Waals surface area (Å²) >= 11 is 0. The summed E-state index contributed by atoms with van der Waals surface area (Å²) in [5, 5.41) is 3.53. The Morgan fingerprint density at radius 2 is 1.79 bits per heavy atom. The predicted molar refractivity (Wildman–Crippen MR) is 154 cm³/mol. The highest BCUT2D eigenvalue weighted by Crippen LogP contribution is 2.24. The van der Waals surface area contributed by atoms with Crippen molar-refractivity contribution in [1.29, 1.82) is 0 Å². The molecule has 1 N–H and O–H groups in total. The maximum Gasteiger partial charge on any atom is 0.265 e. The predicted octanol–water partition coefficient (Wildman–Crippen LogP) is 4.96. The highest BCUT2D eigenvalue weighted by atomic mass is 16.3. The first-order chi connectivity index (χ1) is 19.0. The minimum atomic E-state index is -0.251. The number of rotatable bonds is 5. The number of nitrogens with one attached hydrogen (secondary N) is 1. The molecule has 1 aliphatic heterocycles. The zero-order chi connectivity index (χ0) is 26.9. The van der Waals surface area contributed by atoms with E-state index in [9.17, 15) is 9.59 Å². The SMILES string of the molecule is Cc1ccc(NC(=O)c2cccc(-c3ccco3)c2)cc1-n1cnc2ccc(N3CCN(C)CC3)cc2c1=O. The minimum absolute atomic E-state index is 0.145. The van der Waals surface area contributed by atoms with Crippen molar-refractivity contribution in [2.45, 2.75) is 6.92 Å². The standard InChI is InChI=1S/C31H29N5O3/c1-21-8-9-24(33-30(37)23-6-3-5-22(17-23)29-7-4-16-39-29)18-28(21)36-20-32-27-11-10-25(19-26(27)31(36)38)35-14-12-34(2)13-15-35/h3-11,16-20H,12-15H2,1-2H3,(H,33,37). The number of carbonyl (C=O) groups is 1. The fourth-order valence-corrected chi connectivity index (χ4v) is 4.95. The zero-order valence-corrected chi connectivity index (χ0v) is 21.9. The highest BCUT2D eigenvalue weighted by molar-refractivity contribution is 6.05. The van der Waals surface area contributed by atoms with Gasteiger partial charge in [-0.1, -0.05) is 18.2 Å². The van der Waals surface area contributed by atoms with Crippen LogP contribution in [0.3, 0.4) is 0 Å². The lowest BCUT2D eigenvalue weighted by Crippen LogP contribution is -2.44. The largest absolute Gasteiger partial charge is 0.464 e. The highest BCUT2D eigenvalue weighted by Gasteiger charge is 2.17. The second kappa shape index (κ2) is 10.2. The van der Waals surface area contributed by atoms with Crippen molar-refractivity contribution in [3.8, 4) is 17.0 Å². The van der Waals surface area contributed by atoms with Crippen molar-refractivity contribution >= 4 is 28.2 Å². The van der Waals surface area contributed by atoms with Crippen molar-refractivity contribution in [1.82, 2.24) is 14.5 Å². The van der Waals surface area contributed by atoms with Gasteiger partial charge in [0, 0.05) is 48.7 Å².